The average molecular weight is 343 g/mol. The molecule has 3 rings (SSSR count). The van der Waals surface area contributed by atoms with Crippen molar-refractivity contribution in [2.75, 3.05) is 5.32 Å². The number of nitrogens with one attached hydrogen (secondary N) is 1. The number of carbonyl (C=O) groups excluding carboxylic acids is 2. The van der Waals surface area contributed by atoms with Gasteiger partial charge in [-0.05, 0) is 30.9 Å². The number of fused-ring (bicyclic) bond motifs is 1. The fourth-order valence-electron chi connectivity index (χ4n) is 2.95. The van der Waals surface area contributed by atoms with Crippen LogP contribution in [0.1, 0.15) is 41.9 Å². The molecule has 1 aliphatic rings. The number of aromatic nitrogens is 1. The zero-order valence-electron chi connectivity index (χ0n) is 14.1. The molecule has 24 heavy (non-hydrogen) atoms. The molecular weight excluding hydrogens is 322 g/mol. The Morgan fingerprint density at radius 3 is 2.75 bits per heavy atom. The van der Waals surface area contributed by atoms with Crippen LogP contribution in [-0.2, 0) is 11.3 Å². The Kier molecular flexibility index (Phi) is 4.66. The van der Waals surface area contributed by atoms with Crippen LogP contribution in [0.25, 0.3) is 0 Å². The first kappa shape index (κ1) is 16.6. The molecule has 0 saturated heterocycles. The van der Waals surface area contributed by atoms with Crippen LogP contribution in [0.5, 0.6) is 0 Å². The molecule has 2 amide bonds. The van der Waals surface area contributed by atoms with Crippen molar-refractivity contribution in [3.63, 3.8) is 0 Å². The molecule has 126 valence electrons. The number of thiazole rings is 1. The Labute approximate surface area is 145 Å². The molecule has 1 aliphatic heterocycles. The number of carbonyl (C=O) groups is 2. The second-order valence-electron chi connectivity index (χ2n) is 6.52. The van der Waals surface area contributed by atoms with Gasteiger partial charge in [0.25, 0.3) is 5.91 Å². The van der Waals surface area contributed by atoms with Crippen LogP contribution in [0.4, 0.5) is 5.13 Å². The van der Waals surface area contributed by atoms with Crippen molar-refractivity contribution in [1.29, 1.82) is 0 Å². The first-order valence-corrected chi connectivity index (χ1v) is 8.95. The van der Waals surface area contributed by atoms with E-state index in [1.807, 2.05) is 36.6 Å². The molecule has 0 unspecified atom stereocenters. The molecule has 5 nitrogen and oxygen atoms in total. The summed E-state index contributed by atoms with van der Waals surface area (Å²) in [5, 5.41) is 5.34. The highest BCUT2D eigenvalue weighted by atomic mass is 32.1. The molecule has 0 spiro atoms. The van der Waals surface area contributed by atoms with Gasteiger partial charge < -0.3 is 10.2 Å². The minimum Gasteiger partial charge on any atom is -0.322 e. The molecule has 1 atom stereocenters. The third-order valence-electron chi connectivity index (χ3n) is 4.07. The molecule has 0 radical (unpaired) electrons. The maximum Gasteiger partial charge on any atom is 0.255 e. The van der Waals surface area contributed by atoms with Crippen LogP contribution >= 0.6 is 11.3 Å². The van der Waals surface area contributed by atoms with E-state index >= 15 is 0 Å². The van der Waals surface area contributed by atoms with Crippen molar-refractivity contribution < 1.29 is 9.59 Å². The summed E-state index contributed by atoms with van der Waals surface area (Å²) in [4.78, 5) is 31.5. The molecule has 1 aromatic heterocycles. The van der Waals surface area contributed by atoms with Gasteiger partial charge in [0.05, 0.1) is 5.69 Å². The zero-order valence-corrected chi connectivity index (χ0v) is 14.9. The molecule has 1 N–H and O–H groups in total. The highest BCUT2D eigenvalue weighted by molar-refractivity contribution is 7.13. The van der Waals surface area contributed by atoms with Gasteiger partial charge >= 0.3 is 0 Å². The lowest BCUT2D eigenvalue weighted by molar-refractivity contribution is -0.121. The summed E-state index contributed by atoms with van der Waals surface area (Å²) in [6.45, 7) is 6.48. The number of nitrogens with zero attached hydrogens (tertiary/aromatic N) is 2. The van der Waals surface area contributed by atoms with Crippen molar-refractivity contribution in [2.24, 2.45) is 5.92 Å². The molecular formula is C18H21N3O2S. The van der Waals surface area contributed by atoms with E-state index in [0.717, 1.165) is 11.3 Å². The summed E-state index contributed by atoms with van der Waals surface area (Å²) in [6.07, 6.45) is 0.621. The number of amides is 2. The number of hydrogen-bond acceptors (Lipinski definition) is 4. The fourth-order valence-corrected chi connectivity index (χ4v) is 3.64. The van der Waals surface area contributed by atoms with Crippen molar-refractivity contribution in [3.8, 4) is 0 Å². The van der Waals surface area contributed by atoms with Crippen LogP contribution in [-0.4, -0.2) is 27.7 Å². The Balaban J connectivity index is 1.82. The lowest BCUT2D eigenvalue weighted by atomic mass is 10.0. The Morgan fingerprint density at radius 2 is 2.12 bits per heavy atom. The zero-order chi connectivity index (χ0) is 17.3. The van der Waals surface area contributed by atoms with Crippen LogP contribution in [0, 0.1) is 12.8 Å². The fraction of sp³-hybridized carbons (Fsp3) is 0.389. The molecule has 0 aliphatic carbocycles. The molecule has 0 bridgehead atoms. The molecule has 0 saturated carbocycles. The second kappa shape index (κ2) is 6.73. The van der Waals surface area contributed by atoms with Gasteiger partial charge in [0.1, 0.15) is 6.04 Å². The van der Waals surface area contributed by atoms with E-state index in [1.165, 1.54) is 11.3 Å². The van der Waals surface area contributed by atoms with Gasteiger partial charge in [0.2, 0.25) is 5.91 Å². The second-order valence-corrected chi connectivity index (χ2v) is 7.38. The molecule has 1 aromatic carbocycles. The van der Waals surface area contributed by atoms with Gasteiger partial charge in [-0.15, -0.1) is 11.3 Å². The summed E-state index contributed by atoms with van der Waals surface area (Å²) < 4.78 is 0. The highest BCUT2D eigenvalue weighted by Gasteiger charge is 2.36. The summed E-state index contributed by atoms with van der Waals surface area (Å²) in [5.41, 5.74) is 2.55. The lowest BCUT2D eigenvalue weighted by Crippen LogP contribution is -2.45. The average Bonchev–Trinajstić information content (AvgIpc) is 3.09. The van der Waals surface area contributed by atoms with Crippen molar-refractivity contribution in [3.05, 3.63) is 46.5 Å². The van der Waals surface area contributed by atoms with Gasteiger partial charge in [-0.3, -0.25) is 9.59 Å². The summed E-state index contributed by atoms with van der Waals surface area (Å²) in [7, 11) is 0. The summed E-state index contributed by atoms with van der Waals surface area (Å²) >= 11 is 1.40. The number of benzene rings is 1. The van der Waals surface area contributed by atoms with E-state index in [4.69, 9.17) is 0 Å². The van der Waals surface area contributed by atoms with E-state index in [9.17, 15) is 9.59 Å². The van der Waals surface area contributed by atoms with Crippen LogP contribution in [0.2, 0.25) is 0 Å². The van der Waals surface area contributed by atoms with Crippen molar-refractivity contribution in [2.45, 2.75) is 39.8 Å². The van der Waals surface area contributed by atoms with Crippen molar-refractivity contribution >= 4 is 28.3 Å². The minimum atomic E-state index is -0.492. The number of hydrogen-bond donors (Lipinski definition) is 1. The Morgan fingerprint density at radius 1 is 1.38 bits per heavy atom. The topological polar surface area (TPSA) is 62.3 Å². The summed E-state index contributed by atoms with van der Waals surface area (Å²) in [5.74, 6) is 0.0659. The van der Waals surface area contributed by atoms with Gasteiger partial charge in [-0.1, -0.05) is 32.0 Å². The normalized spacial score (nSPS) is 14.8. The predicted molar refractivity (Wildman–Crippen MR) is 95.0 cm³/mol. The van der Waals surface area contributed by atoms with Crippen molar-refractivity contribution in [1.82, 2.24) is 9.88 Å². The van der Waals surface area contributed by atoms with Gasteiger partial charge in [-0.2, -0.15) is 0 Å². The quantitative estimate of drug-likeness (QED) is 0.904. The predicted octanol–water partition coefficient (Wildman–Crippen LogP) is 3.46. The van der Waals surface area contributed by atoms with E-state index in [-0.39, 0.29) is 11.8 Å². The van der Waals surface area contributed by atoms with Crippen LogP contribution in [0.15, 0.2) is 29.6 Å². The van der Waals surface area contributed by atoms with Crippen LogP contribution < -0.4 is 5.32 Å². The van der Waals surface area contributed by atoms with E-state index < -0.39 is 6.04 Å². The number of rotatable bonds is 5. The van der Waals surface area contributed by atoms with Crippen LogP contribution in [0.3, 0.4) is 0 Å². The monoisotopic (exact) mass is 343 g/mol. The standard InChI is InChI=1S/C18H21N3O2S/c1-11(2)8-15(16(22)20-18-19-12(3)10-24-18)21-9-13-6-4-5-7-14(13)17(21)23/h4-7,10-11,15H,8-9H2,1-3H3,(H,19,20,22)/t15-/m1/s1. The number of anilines is 1. The third kappa shape index (κ3) is 3.33. The SMILES string of the molecule is Cc1csc(NC(=O)[C@@H](CC(C)C)N2Cc3ccccc3C2=O)n1. The first-order valence-electron chi connectivity index (χ1n) is 8.07. The molecule has 2 heterocycles. The summed E-state index contributed by atoms with van der Waals surface area (Å²) in [6, 6.07) is 7.06. The minimum absolute atomic E-state index is 0.0679. The van der Waals surface area contributed by atoms with E-state index in [0.29, 0.717) is 29.6 Å². The van der Waals surface area contributed by atoms with Gasteiger partial charge in [0.15, 0.2) is 5.13 Å². The van der Waals surface area contributed by atoms with E-state index in [1.54, 1.807) is 4.90 Å². The highest BCUT2D eigenvalue weighted by Crippen LogP contribution is 2.27. The van der Waals surface area contributed by atoms with Gasteiger partial charge in [0, 0.05) is 17.5 Å². The Hall–Kier alpha value is -2.21. The van der Waals surface area contributed by atoms with Gasteiger partial charge in [-0.25, -0.2) is 4.98 Å². The molecule has 0 fully saturated rings. The molecule has 6 heteroatoms. The third-order valence-corrected chi connectivity index (χ3v) is 4.95. The molecule has 2 aromatic rings. The maximum atomic E-state index is 12.8. The lowest BCUT2D eigenvalue weighted by Gasteiger charge is -2.27. The first-order chi connectivity index (χ1) is 11.5. The maximum absolute atomic E-state index is 12.8. The Bertz CT molecular complexity index is 769. The van der Waals surface area contributed by atoms with E-state index in [2.05, 4.69) is 24.1 Å². The number of aryl methyl sites for hydroxylation is 1. The largest absolute Gasteiger partial charge is 0.322 e. The smallest absolute Gasteiger partial charge is 0.255 e.